The summed E-state index contributed by atoms with van der Waals surface area (Å²) < 4.78 is 0. The van der Waals surface area contributed by atoms with Gasteiger partial charge >= 0.3 is 0 Å². The van der Waals surface area contributed by atoms with Gasteiger partial charge in [0.05, 0.1) is 12.2 Å². The van der Waals surface area contributed by atoms with Gasteiger partial charge in [-0.05, 0) is 43.9 Å². The molecule has 0 heterocycles. The van der Waals surface area contributed by atoms with Crippen LogP contribution < -0.4 is 0 Å². The first kappa shape index (κ1) is 8.98. The standard InChI is InChI=1S/C10H15NO2/c11-6-10(13)4-7-1-2-9(12)3-8(7)5-10/h7-9,12-13H,1-5H2/t7?,8-,9?,10?/m0/s1. The number of rotatable bonds is 0. The molecule has 72 valence electrons. The van der Waals surface area contributed by atoms with Crippen molar-refractivity contribution < 1.29 is 10.2 Å². The van der Waals surface area contributed by atoms with E-state index in [9.17, 15) is 10.2 Å². The van der Waals surface area contributed by atoms with Crippen molar-refractivity contribution in [2.24, 2.45) is 11.8 Å². The van der Waals surface area contributed by atoms with Crippen LogP contribution in [-0.2, 0) is 0 Å². The van der Waals surface area contributed by atoms with E-state index in [2.05, 4.69) is 0 Å². The zero-order valence-corrected chi connectivity index (χ0v) is 7.61. The third-order valence-corrected chi connectivity index (χ3v) is 3.52. The van der Waals surface area contributed by atoms with Gasteiger partial charge in [0.25, 0.3) is 0 Å². The summed E-state index contributed by atoms with van der Waals surface area (Å²) in [6.07, 6.45) is 3.54. The number of aliphatic hydroxyl groups is 2. The number of hydrogen-bond donors (Lipinski definition) is 2. The van der Waals surface area contributed by atoms with E-state index in [0.29, 0.717) is 24.7 Å². The molecule has 3 heteroatoms. The zero-order chi connectivity index (χ0) is 9.47. The van der Waals surface area contributed by atoms with Crippen molar-refractivity contribution in [3.8, 4) is 6.07 Å². The third kappa shape index (κ3) is 1.56. The van der Waals surface area contributed by atoms with Crippen LogP contribution in [0.15, 0.2) is 0 Å². The average molecular weight is 181 g/mol. The maximum atomic E-state index is 9.77. The van der Waals surface area contributed by atoms with E-state index in [4.69, 9.17) is 5.26 Å². The molecular weight excluding hydrogens is 166 g/mol. The molecule has 0 aromatic rings. The van der Waals surface area contributed by atoms with Crippen LogP contribution in [0.4, 0.5) is 0 Å². The van der Waals surface area contributed by atoms with Crippen LogP contribution in [0.1, 0.15) is 32.1 Å². The van der Waals surface area contributed by atoms with Gasteiger partial charge in [-0.25, -0.2) is 0 Å². The van der Waals surface area contributed by atoms with Crippen molar-refractivity contribution in [3.05, 3.63) is 0 Å². The molecule has 2 rings (SSSR count). The van der Waals surface area contributed by atoms with Crippen LogP contribution in [0.5, 0.6) is 0 Å². The molecule has 3 nitrogen and oxygen atoms in total. The lowest BCUT2D eigenvalue weighted by Crippen LogP contribution is -2.23. The highest BCUT2D eigenvalue weighted by Crippen LogP contribution is 2.46. The molecule has 0 aliphatic heterocycles. The van der Waals surface area contributed by atoms with E-state index in [-0.39, 0.29) is 6.10 Å². The van der Waals surface area contributed by atoms with Gasteiger partial charge in [0, 0.05) is 0 Å². The molecule has 4 atom stereocenters. The second kappa shape index (κ2) is 2.97. The molecule has 2 fully saturated rings. The van der Waals surface area contributed by atoms with Gasteiger partial charge in [-0.2, -0.15) is 5.26 Å². The molecule has 0 bridgehead atoms. The molecule has 0 spiro atoms. The first-order chi connectivity index (χ1) is 6.13. The number of nitrogens with zero attached hydrogens (tertiary/aromatic N) is 1. The lowest BCUT2D eigenvalue weighted by molar-refractivity contribution is 0.0791. The van der Waals surface area contributed by atoms with Crippen LogP contribution in [0, 0.1) is 23.2 Å². The molecule has 0 radical (unpaired) electrons. The molecule has 13 heavy (non-hydrogen) atoms. The summed E-state index contributed by atoms with van der Waals surface area (Å²) in [7, 11) is 0. The van der Waals surface area contributed by atoms with Crippen LogP contribution in [-0.4, -0.2) is 21.9 Å². The number of nitriles is 1. The molecule has 2 N–H and O–H groups in total. The number of hydrogen-bond acceptors (Lipinski definition) is 3. The highest BCUT2D eigenvalue weighted by atomic mass is 16.3. The predicted octanol–water partition coefficient (Wildman–Crippen LogP) is 0.812. The normalized spacial score (nSPS) is 49.8. The number of aliphatic hydroxyl groups excluding tert-OH is 1. The Kier molecular flexibility index (Phi) is 2.05. The Morgan fingerprint density at radius 2 is 1.92 bits per heavy atom. The Hall–Kier alpha value is -0.590. The molecule has 0 amide bonds. The lowest BCUT2D eigenvalue weighted by atomic mass is 9.80. The average Bonchev–Trinajstić information content (AvgIpc) is 2.42. The van der Waals surface area contributed by atoms with Gasteiger partial charge in [0.1, 0.15) is 0 Å². The van der Waals surface area contributed by atoms with Crippen molar-refractivity contribution in [3.63, 3.8) is 0 Å². The Balaban J connectivity index is 2.07. The van der Waals surface area contributed by atoms with E-state index < -0.39 is 5.60 Å². The zero-order valence-electron chi connectivity index (χ0n) is 7.61. The highest BCUT2D eigenvalue weighted by molar-refractivity contribution is 5.09. The minimum atomic E-state index is -1.10. The van der Waals surface area contributed by atoms with Gasteiger partial charge in [-0.3, -0.25) is 0 Å². The minimum absolute atomic E-state index is 0.206. The Morgan fingerprint density at radius 1 is 1.23 bits per heavy atom. The molecule has 0 saturated heterocycles. The summed E-state index contributed by atoms with van der Waals surface area (Å²) in [5.41, 5.74) is -1.10. The van der Waals surface area contributed by atoms with Gasteiger partial charge in [0.15, 0.2) is 5.60 Å². The van der Waals surface area contributed by atoms with Gasteiger partial charge in [-0.15, -0.1) is 0 Å². The molecule has 0 aromatic carbocycles. The Labute approximate surface area is 78.0 Å². The molecular formula is C10H15NO2. The minimum Gasteiger partial charge on any atom is -0.393 e. The molecule has 0 aromatic heterocycles. The predicted molar refractivity (Wildman–Crippen MR) is 46.6 cm³/mol. The summed E-state index contributed by atoms with van der Waals surface area (Å²) in [6, 6.07) is 1.99. The quantitative estimate of drug-likeness (QED) is 0.543. The summed E-state index contributed by atoms with van der Waals surface area (Å²) >= 11 is 0. The van der Waals surface area contributed by atoms with E-state index in [0.717, 1.165) is 19.3 Å². The van der Waals surface area contributed by atoms with Crippen LogP contribution in [0.2, 0.25) is 0 Å². The summed E-state index contributed by atoms with van der Waals surface area (Å²) in [5.74, 6) is 0.835. The van der Waals surface area contributed by atoms with E-state index >= 15 is 0 Å². The first-order valence-electron chi connectivity index (χ1n) is 4.95. The molecule has 2 saturated carbocycles. The molecule has 2 aliphatic carbocycles. The fraction of sp³-hybridized carbons (Fsp3) is 0.900. The van der Waals surface area contributed by atoms with Crippen molar-refractivity contribution >= 4 is 0 Å². The van der Waals surface area contributed by atoms with Gasteiger partial charge in [-0.1, -0.05) is 0 Å². The molecule has 2 aliphatic rings. The van der Waals surface area contributed by atoms with Crippen LogP contribution in [0.3, 0.4) is 0 Å². The lowest BCUT2D eigenvalue weighted by Gasteiger charge is -2.28. The topological polar surface area (TPSA) is 64.2 Å². The van der Waals surface area contributed by atoms with Crippen LogP contribution >= 0.6 is 0 Å². The summed E-state index contributed by atoms with van der Waals surface area (Å²) in [6.45, 7) is 0. The van der Waals surface area contributed by atoms with Crippen molar-refractivity contribution in [1.82, 2.24) is 0 Å². The smallest absolute Gasteiger partial charge is 0.151 e. The highest BCUT2D eigenvalue weighted by Gasteiger charge is 2.46. The van der Waals surface area contributed by atoms with Gasteiger partial charge in [0.2, 0.25) is 0 Å². The monoisotopic (exact) mass is 181 g/mol. The Bertz CT molecular complexity index is 248. The summed E-state index contributed by atoms with van der Waals surface area (Å²) in [4.78, 5) is 0. The van der Waals surface area contributed by atoms with Crippen molar-refractivity contribution in [2.75, 3.05) is 0 Å². The largest absolute Gasteiger partial charge is 0.393 e. The van der Waals surface area contributed by atoms with Crippen molar-refractivity contribution in [2.45, 2.75) is 43.8 Å². The maximum Gasteiger partial charge on any atom is 0.151 e. The van der Waals surface area contributed by atoms with Crippen molar-refractivity contribution in [1.29, 1.82) is 5.26 Å². The summed E-state index contributed by atoms with van der Waals surface area (Å²) in [5, 5.41) is 28.0. The Morgan fingerprint density at radius 3 is 2.62 bits per heavy atom. The van der Waals surface area contributed by atoms with E-state index in [1.54, 1.807) is 0 Å². The number of fused-ring (bicyclic) bond motifs is 1. The fourth-order valence-corrected chi connectivity index (χ4v) is 2.86. The van der Waals surface area contributed by atoms with E-state index in [1.165, 1.54) is 0 Å². The fourth-order valence-electron chi connectivity index (χ4n) is 2.86. The van der Waals surface area contributed by atoms with Gasteiger partial charge < -0.3 is 10.2 Å². The maximum absolute atomic E-state index is 9.77. The molecule has 3 unspecified atom stereocenters. The second-order valence-corrected chi connectivity index (χ2v) is 4.54. The third-order valence-electron chi connectivity index (χ3n) is 3.52. The second-order valence-electron chi connectivity index (χ2n) is 4.54. The SMILES string of the molecule is N#CC1(O)CC2CCC(O)C[C@H]2C1. The first-order valence-corrected chi connectivity index (χ1v) is 4.95. The van der Waals surface area contributed by atoms with E-state index in [1.807, 2.05) is 6.07 Å². The van der Waals surface area contributed by atoms with Crippen LogP contribution in [0.25, 0.3) is 0 Å².